The van der Waals surface area contributed by atoms with Crippen LogP contribution < -0.4 is 5.32 Å². The Labute approximate surface area is 126 Å². The summed E-state index contributed by atoms with van der Waals surface area (Å²) in [5.74, 6) is 0.337. The molecular weight excluding hydrogens is 270 g/mol. The average Bonchev–Trinajstić information content (AvgIpc) is 2.88. The first-order valence-corrected chi connectivity index (χ1v) is 7.42. The summed E-state index contributed by atoms with van der Waals surface area (Å²) in [5, 5.41) is 8.71. The summed E-state index contributed by atoms with van der Waals surface area (Å²) in [6.45, 7) is 5.16. The van der Waals surface area contributed by atoms with Crippen LogP contribution in [0.25, 0.3) is 0 Å². The fraction of sp³-hybridized carbons (Fsp3) is 0.438. The van der Waals surface area contributed by atoms with Crippen LogP contribution in [-0.2, 0) is 6.42 Å². The van der Waals surface area contributed by atoms with Crippen molar-refractivity contribution in [1.29, 1.82) is 0 Å². The molecule has 0 spiro atoms. The molecule has 0 aliphatic carbocycles. The molecule has 20 heavy (non-hydrogen) atoms. The maximum absolute atomic E-state index is 6.32. The molecule has 1 heterocycles. The van der Waals surface area contributed by atoms with Crippen molar-refractivity contribution >= 4 is 11.6 Å². The molecule has 0 fully saturated rings. The minimum atomic E-state index is 0.337. The first-order chi connectivity index (χ1) is 9.61. The lowest BCUT2D eigenvalue weighted by Gasteiger charge is -2.17. The number of hydrogen-bond acceptors (Lipinski definition) is 2. The van der Waals surface area contributed by atoms with E-state index in [9.17, 15) is 0 Å². The summed E-state index contributed by atoms with van der Waals surface area (Å²) in [6, 6.07) is 10.5. The molecule has 1 N–H and O–H groups in total. The molecule has 1 aromatic carbocycles. The second-order valence-electron chi connectivity index (χ2n) is 5.36. The number of halogens is 1. The second-order valence-corrected chi connectivity index (χ2v) is 5.77. The second kappa shape index (κ2) is 6.91. The van der Waals surface area contributed by atoms with Crippen LogP contribution in [0.5, 0.6) is 0 Å². The number of hydrogen-bond donors (Lipinski definition) is 1. The highest BCUT2D eigenvalue weighted by Crippen LogP contribution is 2.26. The standard InChI is InChI=1S/C16H22ClN3/c1-12(2)20-9-8-14(19-20)10-13(11-18-3)15-6-4-5-7-16(15)17/h4-9,12-13,18H,10-11H2,1-3H3. The van der Waals surface area contributed by atoms with Gasteiger partial charge in [-0.2, -0.15) is 5.10 Å². The quantitative estimate of drug-likeness (QED) is 0.880. The van der Waals surface area contributed by atoms with Gasteiger partial charge in [-0.25, -0.2) is 0 Å². The van der Waals surface area contributed by atoms with E-state index >= 15 is 0 Å². The van der Waals surface area contributed by atoms with Crippen molar-refractivity contribution in [3.05, 3.63) is 52.8 Å². The van der Waals surface area contributed by atoms with Crippen molar-refractivity contribution in [2.45, 2.75) is 32.2 Å². The summed E-state index contributed by atoms with van der Waals surface area (Å²) in [4.78, 5) is 0. The highest BCUT2D eigenvalue weighted by Gasteiger charge is 2.16. The van der Waals surface area contributed by atoms with Gasteiger partial charge in [0.05, 0.1) is 5.69 Å². The van der Waals surface area contributed by atoms with Gasteiger partial charge in [-0.1, -0.05) is 29.8 Å². The van der Waals surface area contributed by atoms with Gasteiger partial charge in [-0.15, -0.1) is 0 Å². The molecule has 2 rings (SSSR count). The normalized spacial score (nSPS) is 12.8. The highest BCUT2D eigenvalue weighted by molar-refractivity contribution is 6.31. The van der Waals surface area contributed by atoms with E-state index in [4.69, 9.17) is 11.6 Å². The summed E-state index contributed by atoms with van der Waals surface area (Å²) in [6.07, 6.45) is 2.94. The lowest BCUT2D eigenvalue weighted by atomic mass is 9.94. The molecule has 3 nitrogen and oxygen atoms in total. The van der Waals surface area contributed by atoms with Crippen molar-refractivity contribution < 1.29 is 0 Å². The monoisotopic (exact) mass is 291 g/mol. The SMILES string of the molecule is CNCC(Cc1ccn(C(C)C)n1)c1ccccc1Cl. The predicted molar refractivity (Wildman–Crippen MR) is 84.4 cm³/mol. The summed E-state index contributed by atoms with van der Waals surface area (Å²) >= 11 is 6.32. The van der Waals surface area contributed by atoms with Crippen LogP contribution in [-0.4, -0.2) is 23.4 Å². The first-order valence-electron chi connectivity index (χ1n) is 7.05. The van der Waals surface area contributed by atoms with Crippen LogP contribution in [0, 0.1) is 0 Å². The summed E-state index contributed by atoms with van der Waals surface area (Å²) < 4.78 is 2.00. The lowest BCUT2D eigenvalue weighted by Crippen LogP contribution is -2.19. The zero-order valence-electron chi connectivity index (χ0n) is 12.3. The van der Waals surface area contributed by atoms with Crippen molar-refractivity contribution in [1.82, 2.24) is 15.1 Å². The van der Waals surface area contributed by atoms with Crippen LogP contribution in [0.3, 0.4) is 0 Å². The zero-order valence-corrected chi connectivity index (χ0v) is 13.1. The Morgan fingerprint density at radius 3 is 2.60 bits per heavy atom. The Kier molecular flexibility index (Phi) is 5.21. The fourth-order valence-corrected chi connectivity index (χ4v) is 2.66. The Bertz CT molecular complexity index is 548. The Morgan fingerprint density at radius 1 is 1.25 bits per heavy atom. The van der Waals surface area contributed by atoms with E-state index in [2.05, 4.69) is 36.4 Å². The smallest absolute Gasteiger partial charge is 0.0631 e. The molecule has 0 amide bonds. The molecule has 4 heteroatoms. The van der Waals surface area contributed by atoms with Crippen LogP contribution in [0.4, 0.5) is 0 Å². The van der Waals surface area contributed by atoms with E-state index in [0.717, 1.165) is 23.7 Å². The Balaban J connectivity index is 2.19. The van der Waals surface area contributed by atoms with E-state index in [1.54, 1.807) is 0 Å². The number of nitrogens with one attached hydrogen (secondary N) is 1. The summed E-state index contributed by atoms with van der Waals surface area (Å²) in [5.41, 5.74) is 2.29. The van der Waals surface area contributed by atoms with Crippen molar-refractivity contribution in [3.8, 4) is 0 Å². The van der Waals surface area contributed by atoms with Gasteiger partial charge in [0.15, 0.2) is 0 Å². The maximum Gasteiger partial charge on any atom is 0.0631 e. The third kappa shape index (κ3) is 3.62. The number of aromatic nitrogens is 2. The minimum absolute atomic E-state index is 0.337. The van der Waals surface area contributed by atoms with Crippen LogP contribution >= 0.6 is 11.6 Å². The van der Waals surface area contributed by atoms with Gasteiger partial charge in [0.1, 0.15) is 0 Å². The third-order valence-corrected chi connectivity index (χ3v) is 3.79. The highest BCUT2D eigenvalue weighted by atomic mass is 35.5. The predicted octanol–water partition coefficient (Wildman–Crippen LogP) is 3.66. The molecule has 0 saturated carbocycles. The van der Waals surface area contributed by atoms with E-state index < -0.39 is 0 Å². The molecule has 0 aliphatic heterocycles. The molecule has 1 aromatic heterocycles. The molecule has 2 aromatic rings. The third-order valence-electron chi connectivity index (χ3n) is 3.44. The van der Waals surface area contributed by atoms with Gasteiger partial charge in [0, 0.05) is 29.7 Å². The number of nitrogens with zero attached hydrogens (tertiary/aromatic N) is 2. The maximum atomic E-state index is 6.32. The van der Waals surface area contributed by atoms with Gasteiger partial charge in [-0.3, -0.25) is 4.68 Å². The molecule has 0 saturated heterocycles. The van der Waals surface area contributed by atoms with Gasteiger partial charge in [-0.05, 0) is 45.0 Å². The van der Waals surface area contributed by atoms with Crippen molar-refractivity contribution in [3.63, 3.8) is 0 Å². The molecule has 1 unspecified atom stereocenters. The van der Waals surface area contributed by atoms with E-state index in [-0.39, 0.29) is 0 Å². The number of benzene rings is 1. The molecule has 0 bridgehead atoms. The topological polar surface area (TPSA) is 29.9 Å². The molecule has 0 radical (unpaired) electrons. The van der Waals surface area contributed by atoms with Crippen LogP contribution in [0.2, 0.25) is 5.02 Å². The lowest BCUT2D eigenvalue weighted by molar-refractivity contribution is 0.520. The van der Waals surface area contributed by atoms with Gasteiger partial charge >= 0.3 is 0 Å². The zero-order chi connectivity index (χ0) is 14.5. The number of rotatable bonds is 6. The Morgan fingerprint density at radius 2 is 2.00 bits per heavy atom. The number of likely N-dealkylation sites (N-methyl/N-ethyl adjacent to an activating group) is 1. The summed E-state index contributed by atoms with van der Waals surface area (Å²) in [7, 11) is 1.97. The van der Waals surface area contributed by atoms with Crippen molar-refractivity contribution in [2.75, 3.05) is 13.6 Å². The molecule has 1 atom stereocenters. The fourth-order valence-electron chi connectivity index (χ4n) is 2.37. The van der Waals surface area contributed by atoms with E-state index in [1.165, 1.54) is 5.56 Å². The molecular formula is C16H22ClN3. The Hall–Kier alpha value is -1.32. The molecule has 0 aliphatic rings. The van der Waals surface area contributed by atoms with Crippen molar-refractivity contribution in [2.24, 2.45) is 0 Å². The van der Waals surface area contributed by atoms with E-state index in [1.807, 2.05) is 36.1 Å². The van der Waals surface area contributed by atoms with Gasteiger partial charge in [0.2, 0.25) is 0 Å². The van der Waals surface area contributed by atoms with Gasteiger partial charge < -0.3 is 5.32 Å². The van der Waals surface area contributed by atoms with E-state index in [0.29, 0.717) is 12.0 Å². The molecule has 108 valence electrons. The van der Waals surface area contributed by atoms with Gasteiger partial charge in [0.25, 0.3) is 0 Å². The largest absolute Gasteiger partial charge is 0.319 e. The first kappa shape index (κ1) is 15.1. The average molecular weight is 292 g/mol. The van der Waals surface area contributed by atoms with Crippen LogP contribution in [0.1, 0.15) is 37.1 Å². The minimum Gasteiger partial charge on any atom is -0.319 e. The van der Waals surface area contributed by atoms with Crippen LogP contribution in [0.15, 0.2) is 36.5 Å².